The van der Waals surface area contributed by atoms with Crippen LogP contribution in [-0.4, -0.2) is 83.3 Å². The Bertz CT molecular complexity index is 1020. The third-order valence-electron chi connectivity index (χ3n) is 5.47. The van der Waals surface area contributed by atoms with Crippen LogP contribution in [0.2, 0.25) is 0 Å². The maximum Gasteiger partial charge on any atom is 0.406 e. The molecule has 1 aromatic rings. The van der Waals surface area contributed by atoms with Gasteiger partial charge in [-0.1, -0.05) is 13.0 Å². The summed E-state index contributed by atoms with van der Waals surface area (Å²) in [4.78, 5) is 25.9. The molecule has 3 unspecified atom stereocenters. The Morgan fingerprint density at radius 2 is 2.00 bits per heavy atom. The molecule has 0 saturated carbocycles. The van der Waals surface area contributed by atoms with Gasteiger partial charge >= 0.3 is 6.18 Å². The molecule has 37 heavy (non-hydrogen) atoms. The van der Waals surface area contributed by atoms with Crippen molar-refractivity contribution in [1.29, 1.82) is 0 Å². The van der Waals surface area contributed by atoms with E-state index in [0.29, 0.717) is 20.5 Å². The van der Waals surface area contributed by atoms with Crippen LogP contribution in [0.1, 0.15) is 25.3 Å². The number of amides is 2. The smallest absolute Gasteiger partial charge is 0.406 e. The summed E-state index contributed by atoms with van der Waals surface area (Å²) in [7, 11) is 1.35. The van der Waals surface area contributed by atoms with E-state index in [9.17, 15) is 33.0 Å². The maximum atomic E-state index is 13.5. The van der Waals surface area contributed by atoms with Crippen molar-refractivity contribution in [2.24, 2.45) is 0 Å². The van der Waals surface area contributed by atoms with Gasteiger partial charge in [0, 0.05) is 18.5 Å². The van der Waals surface area contributed by atoms with Gasteiger partial charge in [-0.2, -0.15) is 13.2 Å². The quantitative estimate of drug-likeness (QED) is 0.215. The van der Waals surface area contributed by atoms with E-state index in [-0.39, 0.29) is 43.3 Å². The predicted octanol–water partition coefficient (Wildman–Crippen LogP) is 2.06. The highest BCUT2D eigenvalue weighted by Crippen LogP contribution is 2.37. The average Bonchev–Trinajstić information content (AvgIpc) is 2.85. The number of benzene rings is 1. The molecule has 0 bridgehead atoms. The summed E-state index contributed by atoms with van der Waals surface area (Å²) in [5.41, 5.74) is 0.495. The van der Waals surface area contributed by atoms with Gasteiger partial charge in [0.2, 0.25) is 11.8 Å². The minimum atomic E-state index is -4.77. The zero-order valence-electron chi connectivity index (χ0n) is 20.3. The number of allylic oxidation sites excluding steroid dienone is 1. The predicted molar refractivity (Wildman–Crippen MR) is 136 cm³/mol. The van der Waals surface area contributed by atoms with E-state index in [1.54, 1.807) is 13.0 Å². The Balaban J connectivity index is 2.55. The monoisotopic (exact) mass is 642 g/mol. The number of ether oxygens (including phenoxy) is 2. The molecule has 1 aliphatic carbocycles. The molecule has 0 saturated heterocycles. The minimum absolute atomic E-state index is 0.0193. The van der Waals surface area contributed by atoms with E-state index in [1.807, 2.05) is 22.6 Å². The van der Waals surface area contributed by atoms with Gasteiger partial charge in [0.05, 0.1) is 29.9 Å². The number of alkyl halides is 3. The highest BCUT2D eigenvalue weighted by atomic mass is 127. The highest BCUT2D eigenvalue weighted by molar-refractivity contribution is 14.1. The van der Waals surface area contributed by atoms with Crippen LogP contribution in [0.4, 0.5) is 13.2 Å². The summed E-state index contributed by atoms with van der Waals surface area (Å²) >= 11 is 1.91. The molecule has 2 amide bonds. The standard InChI is InChI=1S/C24H30F3IN2O7/c1-3-4-5-20(33)30(13-24(25,26)27)17-10-15(23(35)29-6-7-31)11-18(21(17)34)37-22-16(28)8-14(12-32)9-19(22)36-2/h4-5,8-9,11,17-18,21,31-32,34H,3,6-7,10,12-13H2,1-2H3,(H,29,35). The van der Waals surface area contributed by atoms with Crippen LogP contribution in [0.5, 0.6) is 11.5 Å². The third-order valence-corrected chi connectivity index (χ3v) is 6.27. The molecule has 1 aliphatic rings. The normalized spacial score (nSPS) is 19.9. The first-order valence-electron chi connectivity index (χ1n) is 11.4. The number of halogens is 4. The van der Waals surface area contributed by atoms with Crippen molar-refractivity contribution < 1.29 is 47.6 Å². The van der Waals surface area contributed by atoms with Crippen LogP contribution >= 0.6 is 22.6 Å². The fraction of sp³-hybridized carbons (Fsp3) is 0.500. The van der Waals surface area contributed by atoms with Gasteiger partial charge in [0.25, 0.3) is 0 Å². The molecule has 3 atom stereocenters. The fourth-order valence-corrected chi connectivity index (χ4v) is 4.55. The lowest BCUT2D eigenvalue weighted by atomic mass is 9.88. The first kappa shape index (κ1) is 30.9. The second-order valence-corrected chi connectivity index (χ2v) is 9.34. The van der Waals surface area contributed by atoms with E-state index < -0.39 is 42.8 Å². The zero-order chi connectivity index (χ0) is 27.8. The van der Waals surface area contributed by atoms with Crippen molar-refractivity contribution in [1.82, 2.24) is 10.2 Å². The third kappa shape index (κ3) is 8.58. The van der Waals surface area contributed by atoms with Gasteiger partial charge in [-0.05, 0) is 58.9 Å². The molecular weight excluding hydrogens is 612 g/mol. The van der Waals surface area contributed by atoms with Crippen LogP contribution in [0.3, 0.4) is 0 Å². The Labute approximate surface area is 226 Å². The summed E-state index contributed by atoms with van der Waals surface area (Å²) in [6.07, 6.45) is -4.05. The molecule has 13 heteroatoms. The van der Waals surface area contributed by atoms with Crippen molar-refractivity contribution in [2.45, 2.75) is 50.8 Å². The minimum Gasteiger partial charge on any atom is -0.493 e. The van der Waals surface area contributed by atoms with Gasteiger partial charge in [0.1, 0.15) is 18.8 Å². The van der Waals surface area contributed by atoms with Crippen LogP contribution < -0.4 is 14.8 Å². The second-order valence-electron chi connectivity index (χ2n) is 8.18. The van der Waals surface area contributed by atoms with E-state index >= 15 is 0 Å². The van der Waals surface area contributed by atoms with Crippen molar-refractivity contribution in [2.75, 3.05) is 26.8 Å². The summed E-state index contributed by atoms with van der Waals surface area (Å²) in [6.45, 7) is -0.687. The molecule has 9 nitrogen and oxygen atoms in total. The SMILES string of the molecule is CCC=CC(=O)N(CC(F)(F)F)C1CC(C(=O)NCCO)=CC(Oc2c(I)cc(CO)cc2OC)C1O. The van der Waals surface area contributed by atoms with Crippen LogP contribution in [0.25, 0.3) is 0 Å². The lowest BCUT2D eigenvalue weighted by Gasteiger charge is -2.40. The van der Waals surface area contributed by atoms with E-state index in [1.165, 1.54) is 25.3 Å². The number of nitrogens with zero attached hydrogens (tertiary/aromatic N) is 1. The van der Waals surface area contributed by atoms with E-state index in [4.69, 9.17) is 14.6 Å². The molecule has 206 valence electrons. The topological polar surface area (TPSA) is 129 Å². The molecule has 0 fully saturated rings. The van der Waals surface area contributed by atoms with Crippen molar-refractivity contribution >= 4 is 34.4 Å². The van der Waals surface area contributed by atoms with Gasteiger partial charge in [0.15, 0.2) is 11.5 Å². The number of hydrogen-bond acceptors (Lipinski definition) is 7. The highest BCUT2D eigenvalue weighted by Gasteiger charge is 2.44. The summed E-state index contributed by atoms with van der Waals surface area (Å²) in [5, 5.41) is 32.1. The lowest BCUT2D eigenvalue weighted by Crippen LogP contribution is -2.56. The summed E-state index contributed by atoms with van der Waals surface area (Å²) in [6, 6.07) is 1.64. The molecule has 0 aromatic heterocycles. The van der Waals surface area contributed by atoms with Gasteiger partial charge < -0.3 is 35.0 Å². The van der Waals surface area contributed by atoms with Crippen LogP contribution in [0, 0.1) is 3.57 Å². The van der Waals surface area contributed by atoms with Crippen molar-refractivity contribution in [3.05, 3.63) is 45.1 Å². The Hall–Kier alpha value is -2.36. The maximum absolute atomic E-state index is 13.5. The molecule has 0 heterocycles. The van der Waals surface area contributed by atoms with Crippen molar-refractivity contribution in [3.63, 3.8) is 0 Å². The number of methoxy groups -OCH3 is 1. The number of nitrogens with one attached hydrogen (secondary N) is 1. The lowest BCUT2D eigenvalue weighted by molar-refractivity contribution is -0.169. The number of carbonyl (C=O) groups excluding carboxylic acids is 2. The number of aliphatic hydroxyl groups excluding tert-OH is 3. The molecule has 0 aliphatic heterocycles. The van der Waals surface area contributed by atoms with Crippen LogP contribution in [0.15, 0.2) is 35.9 Å². The first-order chi connectivity index (χ1) is 17.4. The Morgan fingerprint density at radius 1 is 1.30 bits per heavy atom. The van der Waals surface area contributed by atoms with Crippen LogP contribution in [-0.2, 0) is 16.2 Å². The number of hydrogen-bond donors (Lipinski definition) is 4. The van der Waals surface area contributed by atoms with E-state index in [2.05, 4.69) is 5.32 Å². The first-order valence-corrected chi connectivity index (χ1v) is 12.5. The molecular formula is C24H30F3IN2O7. The summed E-state index contributed by atoms with van der Waals surface area (Å²) < 4.78 is 52.2. The average molecular weight is 642 g/mol. The zero-order valence-corrected chi connectivity index (χ0v) is 22.5. The Kier molecular flexibility index (Phi) is 11.7. The van der Waals surface area contributed by atoms with Crippen molar-refractivity contribution in [3.8, 4) is 11.5 Å². The van der Waals surface area contributed by atoms with Gasteiger partial charge in [-0.25, -0.2) is 0 Å². The largest absolute Gasteiger partial charge is 0.493 e. The second kappa shape index (κ2) is 14.0. The molecule has 0 spiro atoms. The Morgan fingerprint density at radius 3 is 2.57 bits per heavy atom. The van der Waals surface area contributed by atoms with E-state index in [0.717, 1.165) is 6.08 Å². The summed E-state index contributed by atoms with van der Waals surface area (Å²) in [5.74, 6) is -1.33. The number of carbonyl (C=O) groups is 2. The molecule has 0 radical (unpaired) electrons. The van der Waals surface area contributed by atoms with Gasteiger partial charge in [-0.3, -0.25) is 9.59 Å². The van der Waals surface area contributed by atoms with Gasteiger partial charge in [-0.15, -0.1) is 0 Å². The number of rotatable bonds is 11. The molecule has 1 aromatic carbocycles. The molecule has 2 rings (SSSR count). The number of aliphatic hydroxyl groups is 3. The molecule has 4 N–H and O–H groups in total. The fourth-order valence-electron chi connectivity index (χ4n) is 3.76.